The first-order valence-electron chi connectivity index (χ1n) is 9.04. The summed E-state index contributed by atoms with van der Waals surface area (Å²) in [5.74, 6) is -0.285. The number of ether oxygens (including phenoxy) is 2. The Labute approximate surface area is 157 Å². The molecule has 0 bridgehead atoms. The molecule has 0 saturated carbocycles. The fraction of sp³-hybridized carbons (Fsp3) is 0.706. The van der Waals surface area contributed by atoms with E-state index in [2.05, 4.69) is 14.6 Å². The van der Waals surface area contributed by atoms with Crippen molar-refractivity contribution >= 4 is 10.0 Å². The number of nitrogens with zero attached hydrogens (tertiary/aromatic N) is 3. The molecule has 0 atom stereocenters. The molecule has 0 aromatic carbocycles. The van der Waals surface area contributed by atoms with Crippen molar-refractivity contribution in [2.24, 2.45) is 5.41 Å². The molecule has 3 saturated heterocycles. The quantitative estimate of drug-likeness (QED) is 0.742. The minimum absolute atomic E-state index is 0.0413. The molecule has 7 nitrogen and oxygen atoms in total. The van der Waals surface area contributed by atoms with Crippen molar-refractivity contribution < 1.29 is 26.7 Å². The SMILES string of the molecule is Cc1nc(OC(F)F)ccc1S(=O)(=O)N1CC2(CN(C3CCOCC3)C2)C1. The number of aromatic nitrogens is 1. The fourth-order valence-electron chi connectivity index (χ4n) is 4.29. The zero-order chi connectivity index (χ0) is 19.2. The standard InChI is InChI=1S/C17H23F2N3O4S/c1-12-14(2-3-15(20-12)26-16(18)19)27(23,24)22-10-17(11-22)8-21(9-17)13-4-6-25-7-5-13/h2-3,13,16H,4-11H2,1H3. The van der Waals surface area contributed by atoms with E-state index in [4.69, 9.17) is 4.74 Å². The third kappa shape index (κ3) is 3.55. The van der Waals surface area contributed by atoms with Gasteiger partial charge in [-0.15, -0.1) is 0 Å². The topological polar surface area (TPSA) is 72.0 Å². The lowest BCUT2D eigenvalue weighted by Crippen LogP contribution is -2.74. The summed E-state index contributed by atoms with van der Waals surface area (Å²) < 4.78 is 61.3. The van der Waals surface area contributed by atoms with Crippen LogP contribution in [0, 0.1) is 12.3 Å². The highest BCUT2D eigenvalue weighted by molar-refractivity contribution is 7.89. The van der Waals surface area contributed by atoms with Crippen LogP contribution in [0.15, 0.2) is 17.0 Å². The number of halogens is 2. The van der Waals surface area contributed by atoms with Gasteiger partial charge in [-0.3, -0.25) is 4.90 Å². The molecule has 3 fully saturated rings. The largest absolute Gasteiger partial charge is 0.417 e. The molecular weight excluding hydrogens is 380 g/mol. The third-order valence-corrected chi connectivity index (χ3v) is 7.57. The van der Waals surface area contributed by atoms with Crippen LogP contribution in [-0.2, 0) is 14.8 Å². The van der Waals surface area contributed by atoms with Crippen LogP contribution in [0.5, 0.6) is 5.88 Å². The van der Waals surface area contributed by atoms with E-state index in [9.17, 15) is 17.2 Å². The van der Waals surface area contributed by atoms with Gasteiger partial charge >= 0.3 is 6.61 Å². The van der Waals surface area contributed by atoms with Crippen molar-refractivity contribution in [3.63, 3.8) is 0 Å². The van der Waals surface area contributed by atoms with Crippen LogP contribution < -0.4 is 4.74 Å². The predicted octanol–water partition coefficient (Wildman–Crippen LogP) is 1.48. The van der Waals surface area contributed by atoms with Gasteiger partial charge in [-0.1, -0.05) is 0 Å². The Morgan fingerprint density at radius 3 is 2.48 bits per heavy atom. The van der Waals surface area contributed by atoms with E-state index in [1.165, 1.54) is 17.3 Å². The molecule has 4 rings (SSSR count). The van der Waals surface area contributed by atoms with Crippen LogP contribution in [0.3, 0.4) is 0 Å². The van der Waals surface area contributed by atoms with E-state index < -0.39 is 16.6 Å². The smallest absolute Gasteiger partial charge is 0.388 e. The van der Waals surface area contributed by atoms with Gasteiger partial charge in [-0.25, -0.2) is 13.4 Å². The van der Waals surface area contributed by atoms with Crippen molar-refractivity contribution in [2.75, 3.05) is 39.4 Å². The van der Waals surface area contributed by atoms with Crippen LogP contribution in [0.2, 0.25) is 0 Å². The lowest BCUT2D eigenvalue weighted by atomic mass is 9.73. The first kappa shape index (κ1) is 19.0. The maximum atomic E-state index is 12.8. The molecule has 150 valence electrons. The summed E-state index contributed by atoms with van der Waals surface area (Å²) >= 11 is 0. The van der Waals surface area contributed by atoms with Crippen molar-refractivity contribution in [1.82, 2.24) is 14.2 Å². The Morgan fingerprint density at radius 2 is 1.89 bits per heavy atom. The van der Waals surface area contributed by atoms with E-state index >= 15 is 0 Å². The second-order valence-electron chi connectivity index (χ2n) is 7.63. The molecule has 10 heteroatoms. The number of pyridine rings is 1. The number of hydrogen-bond acceptors (Lipinski definition) is 6. The van der Waals surface area contributed by atoms with Gasteiger partial charge in [0.1, 0.15) is 4.90 Å². The summed E-state index contributed by atoms with van der Waals surface area (Å²) in [5, 5.41) is 0. The van der Waals surface area contributed by atoms with Gasteiger partial charge in [0.2, 0.25) is 15.9 Å². The minimum Gasteiger partial charge on any atom is -0.417 e. The highest BCUT2D eigenvalue weighted by Gasteiger charge is 2.56. The maximum Gasteiger partial charge on any atom is 0.388 e. The van der Waals surface area contributed by atoms with Crippen LogP contribution in [0.25, 0.3) is 0 Å². The molecule has 0 aliphatic carbocycles. The maximum absolute atomic E-state index is 12.8. The van der Waals surface area contributed by atoms with E-state index in [0.717, 1.165) is 45.2 Å². The van der Waals surface area contributed by atoms with Crippen molar-refractivity contribution in [2.45, 2.75) is 37.3 Å². The molecule has 4 heterocycles. The first-order chi connectivity index (χ1) is 12.8. The van der Waals surface area contributed by atoms with Gasteiger partial charge < -0.3 is 9.47 Å². The Balaban J connectivity index is 1.37. The normalized spacial score (nSPS) is 24.0. The molecule has 3 aliphatic rings. The lowest BCUT2D eigenvalue weighted by Gasteiger charge is -2.61. The zero-order valence-electron chi connectivity index (χ0n) is 15.1. The van der Waals surface area contributed by atoms with E-state index in [1.807, 2.05) is 0 Å². The highest BCUT2D eigenvalue weighted by atomic mass is 32.2. The molecule has 0 radical (unpaired) electrons. The molecule has 1 spiro atoms. The second-order valence-corrected chi connectivity index (χ2v) is 9.54. The summed E-state index contributed by atoms with van der Waals surface area (Å²) in [7, 11) is -3.68. The molecule has 3 aliphatic heterocycles. The Kier molecular flexibility index (Phi) is 4.86. The van der Waals surface area contributed by atoms with Crippen LogP contribution in [-0.4, -0.2) is 74.7 Å². The van der Waals surface area contributed by atoms with Gasteiger partial charge in [0.25, 0.3) is 0 Å². The number of rotatable bonds is 5. The zero-order valence-corrected chi connectivity index (χ0v) is 15.9. The summed E-state index contributed by atoms with van der Waals surface area (Å²) in [6.07, 6.45) is 2.08. The molecule has 27 heavy (non-hydrogen) atoms. The van der Waals surface area contributed by atoms with Gasteiger partial charge in [0.05, 0.1) is 5.69 Å². The number of aryl methyl sites for hydroxylation is 1. The van der Waals surface area contributed by atoms with Gasteiger partial charge in [-0.05, 0) is 25.8 Å². The summed E-state index contributed by atoms with van der Waals surface area (Å²) in [6, 6.07) is 3.00. The van der Waals surface area contributed by atoms with Crippen LogP contribution >= 0.6 is 0 Å². The summed E-state index contributed by atoms with van der Waals surface area (Å²) in [5.41, 5.74) is 0.206. The van der Waals surface area contributed by atoms with Crippen molar-refractivity contribution in [3.05, 3.63) is 17.8 Å². The highest BCUT2D eigenvalue weighted by Crippen LogP contribution is 2.44. The molecule has 0 N–H and O–H groups in total. The Morgan fingerprint density at radius 1 is 1.22 bits per heavy atom. The molecule has 0 unspecified atom stereocenters. The average Bonchev–Trinajstić information content (AvgIpc) is 2.52. The molecular formula is C17H23F2N3O4S. The fourth-order valence-corrected chi connectivity index (χ4v) is 6.11. The van der Waals surface area contributed by atoms with Gasteiger partial charge in [0, 0.05) is 56.9 Å². The number of likely N-dealkylation sites (tertiary alicyclic amines) is 1. The van der Waals surface area contributed by atoms with Crippen LogP contribution in [0.1, 0.15) is 18.5 Å². The van der Waals surface area contributed by atoms with E-state index in [1.54, 1.807) is 0 Å². The number of sulfonamides is 1. The lowest BCUT2D eigenvalue weighted by molar-refractivity contribution is -0.116. The van der Waals surface area contributed by atoms with Gasteiger partial charge in [0.15, 0.2) is 0 Å². The average molecular weight is 403 g/mol. The monoisotopic (exact) mass is 403 g/mol. The van der Waals surface area contributed by atoms with Crippen molar-refractivity contribution in [1.29, 1.82) is 0 Å². The third-order valence-electron chi connectivity index (χ3n) is 5.65. The summed E-state index contributed by atoms with van der Waals surface area (Å²) in [6.45, 7) is 2.90. The Hall–Kier alpha value is -1.36. The molecule has 1 aromatic rings. The summed E-state index contributed by atoms with van der Waals surface area (Å²) in [4.78, 5) is 6.30. The van der Waals surface area contributed by atoms with E-state index in [0.29, 0.717) is 19.1 Å². The van der Waals surface area contributed by atoms with E-state index in [-0.39, 0.29) is 21.9 Å². The number of alkyl halides is 2. The Bertz CT molecular complexity index is 800. The van der Waals surface area contributed by atoms with Crippen molar-refractivity contribution in [3.8, 4) is 5.88 Å². The second kappa shape index (κ2) is 6.91. The molecule has 0 amide bonds. The minimum atomic E-state index is -3.68. The van der Waals surface area contributed by atoms with Gasteiger partial charge in [-0.2, -0.15) is 13.1 Å². The predicted molar refractivity (Wildman–Crippen MR) is 92.2 cm³/mol. The number of hydrogen-bond donors (Lipinski definition) is 0. The first-order valence-corrected chi connectivity index (χ1v) is 10.5. The van der Waals surface area contributed by atoms with Crippen LogP contribution in [0.4, 0.5) is 8.78 Å². The molecule has 1 aromatic heterocycles.